The maximum atomic E-state index is 13.3. The highest BCUT2D eigenvalue weighted by Gasteiger charge is 2.36. The summed E-state index contributed by atoms with van der Waals surface area (Å²) in [5.41, 5.74) is 2.21. The lowest BCUT2D eigenvalue weighted by Crippen LogP contribution is -2.43. The van der Waals surface area contributed by atoms with E-state index in [1.165, 1.54) is 7.11 Å². The van der Waals surface area contributed by atoms with Crippen LogP contribution in [0.5, 0.6) is 11.5 Å². The van der Waals surface area contributed by atoms with Gasteiger partial charge in [-0.1, -0.05) is 29.8 Å². The fourth-order valence-electron chi connectivity index (χ4n) is 4.52. The van der Waals surface area contributed by atoms with Crippen LogP contribution in [0.4, 0.5) is 5.69 Å². The summed E-state index contributed by atoms with van der Waals surface area (Å²) in [5.74, 6) is 0.342. The molecule has 0 spiro atoms. The lowest BCUT2D eigenvalue weighted by Gasteiger charge is -2.25. The number of carbonyl (C=O) groups excluding carboxylic acids is 2. The first-order valence-electron chi connectivity index (χ1n) is 10.9. The Morgan fingerprint density at radius 3 is 2.59 bits per heavy atom. The zero-order chi connectivity index (χ0) is 23.8. The Balaban J connectivity index is 1.44. The Morgan fingerprint density at radius 1 is 1.00 bits per heavy atom. The molecular weight excluding hydrogens is 456 g/mol. The van der Waals surface area contributed by atoms with Crippen molar-refractivity contribution in [2.75, 3.05) is 26.1 Å². The molecule has 8 heteroatoms. The standard InChI is InChI=1S/C26H23ClN2O5/c1-32-21-10-9-15(27)12-18(21)26(31)29-11-5-7-20(29)25(30)28-19-14-23-17(13-24(19)33-2)16-6-3-4-8-22(16)34-23/h3-4,6,8-10,12-14,20H,5,7,11H2,1-2H3,(H,28,30). The second-order valence-electron chi connectivity index (χ2n) is 8.14. The third-order valence-electron chi connectivity index (χ3n) is 6.16. The van der Waals surface area contributed by atoms with Gasteiger partial charge in [-0.05, 0) is 43.2 Å². The first-order valence-corrected chi connectivity index (χ1v) is 11.3. The van der Waals surface area contributed by atoms with Crippen molar-refractivity contribution in [3.05, 3.63) is 65.2 Å². The summed E-state index contributed by atoms with van der Waals surface area (Å²) in [4.78, 5) is 28.2. The number of carbonyl (C=O) groups is 2. The number of likely N-dealkylation sites (tertiary alicyclic amines) is 1. The van der Waals surface area contributed by atoms with Crippen molar-refractivity contribution < 1.29 is 23.5 Å². The topological polar surface area (TPSA) is 81.0 Å². The lowest BCUT2D eigenvalue weighted by molar-refractivity contribution is -0.119. The lowest BCUT2D eigenvalue weighted by atomic mass is 10.1. The van der Waals surface area contributed by atoms with E-state index in [2.05, 4.69) is 5.32 Å². The molecule has 1 aromatic heterocycles. The molecule has 1 saturated heterocycles. The van der Waals surface area contributed by atoms with Gasteiger partial charge in [0.25, 0.3) is 5.91 Å². The second kappa shape index (κ2) is 8.91. The first-order chi connectivity index (χ1) is 16.5. The number of benzene rings is 3. The molecule has 1 unspecified atom stereocenters. The largest absolute Gasteiger partial charge is 0.496 e. The number of para-hydroxylation sites is 1. The smallest absolute Gasteiger partial charge is 0.258 e. The van der Waals surface area contributed by atoms with Crippen LogP contribution in [-0.2, 0) is 4.79 Å². The van der Waals surface area contributed by atoms with E-state index in [0.29, 0.717) is 52.7 Å². The molecule has 3 aromatic carbocycles. The number of methoxy groups -OCH3 is 2. The molecule has 1 fully saturated rings. The van der Waals surface area contributed by atoms with Gasteiger partial charge in [0.05, 0.1) is 25.5 Å². The number of furan rings is 1. The predicted molar refractivity (Wildman–Crippen MR) is 131 cm³/mol. The van der Waals surface area contributed by atoms with E-state index < -0.39 is 6.04 Å². The number of anilines is 1. The van der Waals surface area contributed by atoms with Gasteiger partial charge < -0.3 is 24.1 Å². The zero-order valence-electron chi connectivity index (χ0n) is 18.8. The molecule has 7 nitrogen and oxygen atoms in total. The molecule has 5 rings (SSSR count). The summed E-state index contributed by atoms with van der Waals surface area (Å²) in [5, 5.41) is 5.23. The number of hydrogen-bond acceptors (Lipinski definition) is 5. The van der Waals surface area contributed by atoms with Crippen molar-refractivity contribution in [2.45, 2.75) is 18.9 Å². The fourth-order valence-corrected chi connectivity index (χ4v) is 4.69. The summed E-state index contributed by atoms with van der Waals surface area (Å²) < 4.78 is 16.8. The summed E-state index contributed by atoms with van der Waals surface area (Å²) in [6, 6.07) is 15.6. The van der Waals surface area contributed by atoms with Crippen molar-refractivity contribution in [3.63, 3.8) is 0 Å². The molecule has 1 N–H and O–H groups in total. The van der Waals surface area contributed by atoms with Crippen LogP contribution in [0.2, 0.25) is 5.02 Å². The predicted octanol–water partition coefficient (Wildman–Crippen LogP) is 5.50. The molecule has 1 atom stereocenters. The minimum atomic E-state index is -0.632. The third-order valence-corrected chi connectivity index (χ3v) is 6.40. The van der Waals surface area contributed by atoms with Crippen molar-refractivity contribution in [1.82, 2.24) is 4.90 Å². The van der Waals surface area contributed by atoms with Gasteiger partial charge in [0.2, 0.25) is 5.91 Å². The van der Waals surface area contributed by atoms with Crippen molar-refractivity contribution in [1.29, 1.82) is 0 Å². The number of ether oxygens (including phenoxy) is 2. The van der Waals surface area contributed by atoms with Crippen LogP contribution >= 0.6 is 11.6 Å². The van der Waals surface area contributed by atoms with E-state index >= 15 is 0 Å². The van der Waals surface area contributed by atoms with E-state index in [4.69, 9.17) is 25.5 Å². The number of nitrogens with one attached hydrogen (secondary N) is 1. The van der Waals surface area contributed by atoms with Gasteiger partial charge in [-0.15, -0.1) is 0 Å². The first kappa shape index (κ1) is 22.1. The van der Waals surface area contributed by atoms with Crippen LogP contribution in [0, 0.1) is 0 Å². The van der Waals surface area contributed by atoms with Crippen LogP contribution in [0.1, 0.15) is 23.2 Å². The molecule has 1 aliphatic rings. The van der Waals surface area contributed by atoms with Crippen LogP contribution in [0.25, 0.3) is 21.9 Å². The van der Waals surface area contributed by atoms with Crippen molar-refractivity contribution in [2.24, 2.45) is 0 Å². The van der Waals surface area contributed by atoms with Crippen molar-refractivity contribution in [3.8, 4) is 11.5 Å². The van der Waals surface area contributed by atoms with E-state index in [1.54, 1.807) is 36.3 Å². The summed E-state index contributed by atoms with van der Waals surface area (Å²) >= 11 is 6.11. The molecule has 0 saturated carbocycles. The zero-order valence-corrected chi connectivity index (χ0v) is 19.5. The van der Waals surface area contributed by atoms with E-state index in [0.717, 1.165) is 16.4 Å². The van der Waals surface area contributed by atoms with Gasteiger partial charge in [0, 0.05) is 28.4 Å². The summed E-state index contributed by atoms with van der Waals surface area (Å²) in [6.07, 6.45) is 1.27. The van der Waals surface area contributed by atoms with Crippen molar-refractivity contribution >= 4 is 51.0 Å². The van der Waals surface area contributed by atoms with Crippen LogP contribution in [0.3, 0.4) is 0 Å². The number of fused-ring (bicyclic) bond motifs is 3. The van der Waals surface area contributed by atoms with Gasteiger partial charge in [-0.3, -0.25) is 9.59 Å². The number of halogens is 1. The van der Waals surface area contributed by atoms with Gasteiger partial charge in [-0.25, -0.2) is 0 Å². The normalized spacial score (nSPS) is 15.6. The number of amides is 2. The highest BCUT2D eigenvalue weighted by molar-refractivity contribution is 6.31. The van der Waals surface area contributed by atoms with E-state index in [1.807, 2.05) is 30.3 Å². The second-order valence-corrected chi connectivity index (χ2v) is 8.57. The Bertz CT molecular complexity index is 1410. The SMILES string of the molecule is COc1cc2c(cc1NC(=O)C1CCCN1C(=O)c1cc(Cl)ccc1OC)oc1ccccc12. The van der Waals surface area contributed by atoms with E-state index in [9.17, 15) is 9.59 Å². The minimum Gasteiger partial charge on any atom is -0.496 e. The van der Waals surface area contributed by atoms with Gasteiger partial charge in [0.15, 0.2) is 0 Å². The average Bonchev–Trinajstić information content (AvgIpc) is 3.47. The summed E-state index contributed by atoms with van der Waals surface area (Å²) in [7, 11) is 3.05. The number of rotatable bonds is 5. The highest BCUT2D eigenvalue weighted by atomic mass is 35.5. The average molecular weight is 479 g/mol. The van der Waals surface area contributed by atoms with E-state index in [-0.39, 0.29) is 11.8 Å². The molecule has 0 bridgehead atoms. The third kappa shape index (κ3) is 3.82. The molecule has 0 radical (unpaired) electrons. The van der Waals surface area contributed by atoms with Gasteiger partial charge in [0.1, 0.15) is 28.7 Å². The van der Waals surface area contributed by atoms with Gasteiger partial charge >= 0.3 is 0 Å². The van der Waals surface area contributed by atoms with Crippen LogP contribution in [-0.4, -0.2) is 43.5 Å². The highest BCUT2D eigenvalue weighted by Crippen LogP contribution is 2.37. The minimum absolute atomic E-state index is 0.291. The molecule has 2 amide bonds. The molecule has 4 aromatic rings. The Labute approximate surface area is 201 Å². The maximum absolute atomic E-state index is 13.3. The molecular formula is C26H23ClN2O5. The number of hydrogen-bond donors (Lipinski definition) is 1. The molecule has 174 valence electrons. The molecule has 2 heterocycles. The van der Waals surface area contributed by atoms with Gasteiger partial charge in [-0.2, -0.15) is 0 Å². The quantitative estimate of drug-likeness (QED) is 0.409. The molecule has 1 aliphatic heterocycles. The monoisotopic (exact) mass is 478 g/mol. The summed E-state index contributed by atoms with van der Waals surface area (Å²) in [6.45, 7) is 0.465. The Kier molecular flexibility index (Phi) is 5.79. The Hall–Kier alpha value is -3.71. The number of nitrogens with zero attached hydrogens (tertiary/aromatic N) is 1. The Morgan fingerprint density at radius 2 is 1.79 bits per heavy atom. The van der Waals surface area contributed by atoms with Crippen LogP contribution in [0.15, 0.2) is 59.0 Å². The van der Waals surface area contributed by atoms with Crippen LogP contribution < -0.4 is 14.8 Å². The molecule has 34 heavy (non-hydrogen) atoms. The molecule has 0 aliphatic carbocycles. The fraction of sp³-hybridized carbons (Fsp3) is 0.231. The maximum Gasteiger partial charge on any atom is 0.258 e.